The molecule has 3 aromatic rings. The highest BCUT2D eigenvalue weighted by atomic mass is 35.5. The van der Waals surface area contributed by atoms with E-state index in [1.54, 1.807) is 18.3 Å². The van der Waals surface area contributed by atoms with Gasteiger partial charge in [0.1, 0.15) is 6.10 Å². The van der Waals surface area contributed by atoms with Crippen LogP contribution in [0, 0.1) is 0 Å². The first kappa shape index (κ1) is 14.2. The number of pyridine rings is 1. The number of halogens is 1. The summed E-state index contributed by atoms with van der Waals surface area (Å²) in [5, 5.41) is 13.6. The van der Waals surface area contributed by atoms with E-state index in [4.69, 9.17) is 11.6 Å². The van der Waals surface area contributed by atoms with Gasteiger partial charge in [-0.1, -0.05) is 41.9 Å². The number of thiazole rings is 1. The third-order valence-corrected chi connectivity index (χ3v) is 4.28. The number of aliphatic hydroxyl groups excluding tert-OH is 1. The summed E-state index contributed by atoms with van der Waals surface area (Å²) in [6.07, 6.45) is 1.30. The zero-order chi connectivity index (χ0) is 14.7. The van der Waals surface area contributed by atoms with Crippen molar-refractivity contribution in [3.63, 3.8) is 0 Å². The molecule has 5 heteroatoms. The van der Waals surface area contributed by atoms with E-state index in [-0.39, 0.29) is 0 Å². The van der Waals surface area contributed by atoms with E-state index in [1.165, 1.54) is 11.3 Å². The molecule has 21 heavy (non-hydrogen) atoms. The van der Waals surface area contributed by atoms with Crippen LogP contribution < -0.4 is 0 Å². The average molecular weight is 317 g/mol. The standard InChI is InChI=1S/C16H13ClN2OS/c17-12-7-4-8-18-16(12)14(20)9-15-19-13(10-21-15)11-5-2-1-3-6-11/h1-8,10,14,20H,9H2. The van der Waals surface area contributed by atoms with Gasteiger partial charge in [0.2, 0.25) is 0 Å². The molecule has 1 aromatic carbocycles. The molecule has 0 radical (unpaired) electrons. The highest BCUT2D eigenvalue weighted by Crippen LogP contribution is 2.27. The van der Waals surface area contributed by atoms with Gasteiger partial charge in [-0.05, 0) is 12.1 Å². The van der Waals surface area contributed by atoms with Gasteiger partial charge in [-0.2, -0.15) is 0 Å². The molecule has 2 heterocycles. The molecule has 0 aliphatic carbocycles. The van der Waals surface area contributed by atoms with Crippen molar-refractivity contribution >= 4 is 22.9 Å². The number of rotatable bonds is 4. The van der Waals surface area contributed by atoms with Crippen LogP contribution in [0.5, 0.6) is 0 Å². The largest absolute Gasteiger partial charge is 0.386 e. The third kappa shape index (κ3) is 3.29. The Kier molecular flexibility index (Phi) is 4.29. The lowest BCUT2D eigenvalue weighted by Crippen LogP contribution is -2.04. The van der Waals surface area contributed by atoms with Crippen LogP contribution in [0.1, 0.15) is 16.8 Å². The van der Waals surface area contributed by atoms with Crippen LogP contribution in [0.3, 0.4) is 0 Å². The first-order valence-electron chi connectivity index (χ1n) is 6.52. The monoisotopic (exact) mass is 316 g/mol. The lowest BCUT2D eigenvalue weighted by Gasteiger charge is -2.09. The minimum atomic E-state index is -0.742. The number of hydrogen-bond acceptors (Lipinski definition) is 4. The molecule has 2 aromatic heterocycles. The van der Waals surface area contributed by atoms with Gasteiger partial charge in [-0.3, -0.25) is 4.98 Å². The van der Waals surface area contributed by atoms with Gasteiger partial charge in [0.15, 0.2) is 0 Å². The van der Waals surface area contributed by atoms with Gasteiger partial charge >= 0.3 is 0 Å². The molecule has 0 saturated carbocycles. The van der Waals surface area contributed by atoms with Crippen molar-refractivity contribution in [3.8, 4) is 11.3 Å². The smallest absolute Gasteiger partial charge is 0.104 e. The summed E-state index contributed by atoms with van der Waals surface area (Å²) in [5.74, 6) is 0. The minimum absolute atomic E-state index is 0.411. The molecule has 0 spiro atoms. The van der Waals surface area contributed by atoms with Crippen LogP contribution >= 0.6 is 22.9 Å². The fourth-order valence-electron chi connectivity index (χ4n) is 2.05. The summed E-state index contributed by atoms with van der Waals surface area (Å²) < 4.78 is 0. The van der Waals surface area contributed by atoms with E-state index < -0.39 is 6.10 Å². The van der Waals surface area contributed by atoms with Crippen LogP contribution in [-0.4, -0.2) is 15.1 Å². The first-order chi connectivity index (χ1) is 10.2. The Morgan fingerprint density at radius 3 is 2.71 bits per heavy atom. The lowest BCUT2D eigenvalue weighted by molar-refractivity contribution is 0.173. The Labute approximate surface area is 131 Å². The Balaban J connectivity index is 1.77. The molecule has 1 unspecified atom stereocenters. The summed E-state index contributed by atoms with van der Waals surface area (Å²) >= 11 is 7.58. The number of nitrogens with zero attached hydrogens (tertiary/aromatic N) is 2. The number of aromatic nitrogens is 2. The van der Waals surface area contributed by atoms with E-state index in [0.29, 0.717) is 17.1 Å². The summed E-state index contributed by atoms with van der Waals surface area (Å²) in [4.78, 5) is 8.70. The van der Waals surface area contributed by atoms with Crippen LogP contribution in [0.2, 0.25) is 5.02 Å². The van der Waals surface area contributed by atoms with Crippen molar-refractivity contribution in [1.82, 2.24) is 9.97 Å². The minimum Gasteiger partial charge on any atom is -0.386 e. The second kappa shape index (κ2) is 6.35. The maximum absolute atomic E-state index is 10.3. The van der Waals surface area contributed by atoms with Crippen molar-refractivity contribution in [2.24, 2.45) is 0 Å². The topological polar surface area (TPSA) is 46.0 Å². The van der Waals surface area contributed by atoms with Crippen molar-refractivity contribution in [1.29, 1.82) is 0 Å². The van der Waals surface area contributed by atoms with E-state index in [2.05, 4.69) is 9.97 Å². The molecule has 106 valence electrons. The molecule has 0 fully saturated rings. The van der Waals surface area contributed by atoms with Gasteiger partial charge in [0, 0.05) is 23.6 Å². The predicted octanol–water partition coefficient (Wildman–Crippen LogP) is 4.13. The normalized spacial score (nSPS) is 12.3. The van der Waals surface area contributed by atoms with Crippen LogP contribution in [-0.2, 0) is 6.42 Å². The fourth-order valence-corrected chi connectivity index (χ4v) is 3.14. The van der Waals surface area contributed by atoms with E-state index in [9.17, 15) is 5.11 Å². The Morgan fingerprint density at radius 2 is 1.95 bits per heavy atom. The summed E-state index contributed by atoms with van der Waals surface area (Å²) in [7, 11) is 0. The zero-order valence-corrected chi connectivity index (χ0v) is 12.7. The molecule has 0 bridgehead atoms. The lowest BCUT2D eigenvalue weighted by atomic mass is 10.1. The second-order valence-corrected chi connectivity index (χ2v) is 5.93. The molecule has 3 rings (SSSR count). The van der Waals surface area contributed by atoms with E-state index in [0.717, 1.165) is 16.3 Å². The first-order valence-corrected chi connectivity index (χ1v) is 7.78. The maximum Gasteiger partial charge on any atom is 0.104 e. The SMILES string of the molecule is OC(Cc1nc(-c2ccccc2)cs1)c1ncccc1Cl. The van der Waals surface area contributed by atoms with Crippen molar-refractivity contribution in [2.75, 3.05) is 0 Å². The summed E-state index contributed by atoms with van der Waals surface area (Å²) in [6.45, 7) is 0. The number of aliphatic hydroxyl groups is 1. The van der Waals surface area contributed by atoms with Gasteiger partial charge in [-0.15, -0.1) is 11.3 Å². The highest BCUT2D eigenvalue weighted by molar-refractivity contribution is 7.09. The zero-order valence-electron chi connectivity index (χ0n) is 11.1. The Morgan fingerprint density at radius 1 is 1.14 bits per heavy atom. The van der Waals surface area contributed by atoms with Crippen LogP contribution in [0.25, 0.3) is 11.3 Å². The summed E-state index contributed by atoms with van der Waals surface area (Å²) in [5.41, 5.74) is 2.50. The molecular formula is C16H13ClN2OS. The molecule has 0 aliphatic heterocycles. The number of benzene rings is 1. The maximum atomic E-state index is 10.3. The number of hydrogen-bond donors (Lipinski definition) is 1. The van der Waals surface area contributed by atoms with Crippen molar-refractivity contribution in [2.45, 2.75) is 12.5 Å². The quantitative estimate of drug-likeness (QED) is 0.787. The van der Waals surface area contributed by atoms with E-state index in [1.807, 2.05) is 35.7 Å². The van der Waals surface area contributed by atoms with Crippen molar-refractivity contribution in [3.05, 3.63) is 69.8 Å². The predicted molar refractivity (Wildman–Crippen MR) is 85.5 cm³/mol. The van der Waals surface area contributed by atoms with Gasteiger partial charge in [-0.25, -0.2) is 4.98 Å². The molecule has 3 nitrogen and oxygen atoms in total. The molecule has 1 atom stereocenters. The Bertz CT molecular complexity index is 730. The van der Waals surface area contributed by atoms with Gasteiger partial charge in [0.25, 0.3) is 0 Å². The Hall–Kier alpha value is -1.75. The molecule has 0 aliphatic rings. The molecule has 1 N–H and O–H groups in total. The second-order valence-electron chi connectivity index (χ2n) is 4.58. The molecular weight excluding hydrogens is 304 g/mol. The van der Waals surface area contributed by atoms with Crippen LogP contribution in [0.4, 0.5) is 0 Å². The average Bonchev–Trinajstić information content (AvgIpc) is 2.97. The van der Waals surface area contributed by atoms with Crippen LogP contribution in [0.15, 0.2) is 54.0 Å². The summed E-state index contributed by atoms with van der Waals surface area (Å²) in [6, 6.07) is 13.5. The molecule has 0 amide bonds. The van der Waals surface area contributed by atoms with Gasteiger partial charge in [0.05, 0.1) is 21.4 Å². The van der Waals surface area contributed by atoms with Crippen molar-refractivity contribution < 1.29 is 5.11 Å². The molecule has 0 saturated heterocycles. The fraction of sp³-hybridized carbons (Fsp3) is 0.125. The highest BCUT2D eigenvalue weighted by Gasteiger charge is 2.15. The third-order valence-electron chi connectivity index (χ3n) is 3.09. The van der Waals surface area contributed by atoms with Gasteiger partial charge < -0.3 is 5.11 Å². The van der Waals surface area contributed by atoms with E-state index >= 15 is 0 Å².